The van der Waals surface area contributed by atoms with E-state index in [1.54, 1.807) is 35.2 Å². The number of hydrogen-bond acceptors (Lipinski definition) is 6. The van der Waals surface area contributed by atoms with Crippen LogP contribution in [0, 0.1) is 0 Å². The van der Waals surface area contributed by atoms with Gasteiger partial charge < -0.3 is 9.15 Å². The Morgan fingerprint density at radius 2 is 1.88 bits per heavy atom. The van der Waals surface area contributed by atoms with E-state index in [4.69, 9.17) is 20.8 Å². The number of carbonyl (C=O) groups is 1. The number of anilines is 1. The van der Waals surface area contributed by atoms with E-state index >= 15 is 0 Å². The lowest BCUT2D eigenvalue weighted by molar-refractivity contribution is 0.0971. The maximum absolute atomic E-state index is 13.7. The highest BCUT2D eigenvalue weighted by Gasteiger charge is 2.45. The largest absolute Gasteiger partial charge is 0.494 e. The zero-order valence-electron chi connectivity index (χ0n) is 17.9. The summed E-state index contributed by atoms with van der Waals surface area (Å²) < 4.78 is 12.4. The molecule has 1 amide bonds. The molecule has 0 saturated heterocycles. The molecule has 0 radical (unpaired) electrons. The van der Waals surface area contributed by atoms with Crippen molar-refractivity contribution in [1.29, 1.82) is 0 Å². The second kappa shape index (κ2) is 7.97. The van der Waals surface area contributed by atoms with Gasteiger partial charge in [-0.25, -0.2) is 4.98 Å². The van der Waals surface area contributed by atoms with Crippen LogP contribution in [-0.2, 0) is 0 Å². The summed E-state index contributed by atoms with van der Waals surface area (Å²) in [5, 5.41) is 1.49. The average molecular weight is 489 g/mol. The van der Waals surface area contributed by atoms with Crippen LogP contribution in [0.25, 0.3) is 21.2 Å². The number of thiazole rings is 1. The van der Waals surface area contributed by atoms with E-state index in [0.717, 1.165) is 15.8 Å². The molecule has 1 aliphatic rings. The van der Waals surface area contributed by atoms with Gasteiger partial charge in [0, 0.05) is 5.02 Å². The van der Waals surface area contributed by atoms with E-state index in [1.807, 2.05) is 43.3 Å². The van der Waals surface area contributed by atoms with Crippen molar-refractivity contribution in [1.82, 2.24) is 4.98 Å². The number of hydrogen-bond donors (Lipinski definition) is 0. The van der Waals surface area contributed by atoms with Crippen molar-refractivity contribution >= 4 is 55.2 Å². The number of amides is 1. The summed E-state index contributed by atoms with van der Waals surface area (Å²) in [7, 11) is 0. The lowest BCUT2D eigenvalue weighted by Crippen LogP contribution is -2.29. The Bertz CT molecular complexity index is 1640. The molecule has 6 rings (SSSR count). The van der Waals surface area contributed by atoms with Crippen LogP contribution in [-0.4, -0.2) is 17.5 Å². The molecule has 0 bridgehead atoms. The fraction of sp³-hybridized carbons (Fsp3) is 0.115. The van der Waals surface area contributed by atoms with Crippen LogP contribution in [0.4, 0.5) is 5.13 Å². The first-order valence-corrected chi connectivity index (χ1v) is 11.9. The number of ether oxygens (including phenoxy) is 1. The zero-order chi connectivity index (χ0) is 23.4. The zero-order valence-corrected chi connectivity index (χ0v) is 19.5. The summed E-state index contributed by atoms with van der Waals surface area (Å²) in [6, 6.07) is 19.1. The quantitative estimate of drug-likeness (QED) is 0.301. The molecule has 34 heavy (non-hydrogen) atoms. The molecule has 0 spiro atoms. The number of carbonyl (C=O) groups excluding carboxylic acids is 1. The minimum Gasteiger partial charge on any atom is -0.494 e. The fourth-order valence-electron chi connectivity index (χ4n) is 4.33. The standard InChI is InChI=1S/C26H17ClN2O4S/c1-2-32-16-10-7-14(8-11-16)22-21-23(30)17-5-3-4-6-19(17)33-24(21)25(31)29(22)26-28-18-12-9-15(27)13-20(18)34-26/h3-13,22H,2H2,1H3/t22-/m1/s1. The van der Waals surface area contributed by atoms with Gasteiger partial charge in [0.05, 0.1) is 33.8 Å². The second-order valence-corrected chi connectivity index (χ2v) is 9.30. The van der Waals surface area contributed by atoms with E-state index in [-0.39, 0.29) is 11.2 Å². The Balaban J connectivity index is 1.59. The smallest absolute Gasteiger partial charge is 0.297 e. The maximum Gasteiger partial charge on any atom is 0.297 e. The maximum atomic E-state index is 13.7. The first kappa shape index (κ1) is 20.9. The molecule has 6 nitrogen and oxygen atoms in total. The molecule has 1 aliphatic heterocycles. The van der Waals surface area contributed by atoms with Gasteiger partial charge in [0.1, 0.15) is 11.3 Å². The second-order valence-electron chi connectivity index (χ2n) is 7.86. The van der Waals surface area contributed by atoms with Gasteiger partial charge in [0.15, 0.2) is 10.6 Å². The van der Waals surface area contributed by atoms with E-state index in [2.05, 4.69) is 4.98 Å². The molecule has 2 aromatic heterocycles. The van der Waals surface area contributed by atoms with Crippen LogP contribution in [0.5, 0.6) is 5.75 Å². The first-order chi connectivity index (χ1) is 16.5. The van der Waals surface area contributed by atoms with Crippen molar-refractivity contribution in [3.63, 3.8) is 0 Å². The number of benzene rings is 3. The molecule has 8 heteroatoms. The highest BCUT2D eigenvalue weighted by Crippen LogP contribution is 2.44. The Labute approximate surface area is 203 Å². The van der Waals surface area contributed by atoms with Crippen LogP contribution >= 0.6 is 22.9 Å². The van der Waals surface area contributed by atoms with E-state index in [9.17, 15) is 9.59 Å². The molecule has 5 aromatic rings. The Morgan fingerprint density at radius 1 is 1.09 bits per heavy atom. The van der Waals surface area contributed by atoms with Gasteiger partial charge in [-0.3, -0.25) is 14.5 Å². The number of nitrogens with zero attached hydrogens (tertiary/aromatic N) is 2. The fourth-order valence-corrected chi connectivity index (χ4v) is 5.60. The van der Waals surface area contributed by atoms with Crippen LogP contribution in [0.3, 0.4) is 0 Å². The monoisotopic (exact) mass is 488 g/mol. The minimum atomic E-state index is -0.685. The number of aromatic nitrogens is 1. The molecule has 0 fully saturated rings. The van der Waals surface area contributed by atoms with E-state index < -0.39 is 11.9 Å². The van der Waals surface area contributed by atoms with Gasteiger partial charge in [0.2, 0.25) is 5.76 Å². The van der Waals surface area contributed by atoms with Gasteiger partial charge in [-0.05, 0) is 55.0 Å². The van der Waals surface area contributed by atoms with Crippen molar-refractivity contribution in [2.24, 2.45) is 0 Å². The number of rotatable bonds is 4. The summed E-state index contributed by atoms with van der Waals surface area (Å²) in [6.45, 7) is 2.46. The lowest BCUT2D eigenvalue weighted by atomic mass is 9.98. The molecule has 0 N–H and O–H groups in total. The highest BCUT2D eigenvalue weighted by atomic mass is 35.5. The minimum absolute atomic E-state index is 0.0415. The molecule has 3 heterocycles. The molecular weight excluding hydrogens is 472 g/mol. The van der Waals surface area contributed by atoms with Crippen molar-refractivity contribution in [3.05, 3.63) is 98.9 Å². The highest BCUT2D eigenvalue weighted by molar-refractivity contribution is 7.22. The predicted molar refractivity (Wildman–Crippen MR) is 133 cm³/mol. The van der Waals surface area contributed by atoms with Gasteiger partial charge in [0.25, 0.3) is 5.91 Å². The third kappa shape index (κ3) is 3.20. The van der Waals surface area contributed by atoms with Crippen LogP contribution in [0.1, 0.15) is 34.6 Å². The molecule has 3 aromatic carbocycles. The summed E-state index contributed by atoms with van der Waals surface area (Å²) in [5.74, 6) is 0.351. The van der Waals surface area contributed by atoms with Crippen molar-refractivity contribution in [3.8, 4) is 5.75 Å². The van der Waals surface area contributed by atoms with Gasteiger partial charge in [-0.2, -0.15) is 0 Å². The normalized spacial score (nSPS) is 15.3. The third-order valence-electron chi connectivity index (χ3n) is 5.83. The molecule has 0 aliphatic carbocycles. The van der Waals surface area contributed by atoms with Gasteiger partial charge >= 0.3 is 0 Å². The number of para-hydroxylation sites is 1. The molecular formula is C26H17ClN2O4S. The van der Waals surface area contributed by atoms with Crippen LogP contribution in [0.15, 0.2) is 75.9 Å². The van der Waals surface area contributed by atoms with Crippen LogP contribution in [0.2, 0.25) is 5.02 Å². The van der Waals surface area contributed by atoms with Crippen LogP contribution < -0.4 is 15.1 Å². The summed E-state index contributed by atoms with van der Waals surface area (Å²) in [6.07, 6.45) is 0. The third-order valence-corrected chi connectivity index (χ3v) is 7.08. The van der Waals surface area contributed by atoms with Crippen molar-refractivity contribution in [2.45, 2.75) is 13.0 Å². The Kier molecular flexibility index (Phi) is 4.90. The Hall–Kier alpha value is -3.68. The first-order valence-electron chi connectivity index (χ1n) is 10.7. The average Bonchev–Trinajstić information content (AvgIpc) is 3.38. The molecule has 1 atom stereocenters. The number of fused-ring (bicyclic) bond motifs is 3. The van der Waals surface area contributed by atoms with Gasteiger partial charge in [-0.1, -0.05) is 47.2 Å². The summed E-state index contributed by atoms with van der Waals surface area (Å²) in [4.78, 5) is 33.5. The predicted octanol–water partition coefficient (Wildman–Crippen LogP) is 6.20. The van der Waals surface area contributed by atoms with Crippen molar-refractivity contribution in [2.75, 3.05) is 11.5 Å². The molecule has 0 unspecified atom stereocenters. The lowest BCUT2D eigenvalue weighted by Gasteiger charge is -2.22. The van der Waals surface area contributed by atoms with Gasteiger partial charge in [-0.15, -0.1) is 0 Å². The molecule has 0 saturated carbocycles. The molecule has 168 valence electrons. The Morgan fingerprint density at radius 3 is 2.68 bits per heavy atom. The number of halogens is 1. The SMILES string of the molecule is CCOc1ccc([C@@H]2c3c(oc4ccccc4c3=O)C(=O)N2c2nc3ccc(Cl)cc3s2)cc1. The summed E-state index contributed by atoms with van der Waals surface area (Å²) >= 11 is 7.51. The van der Waals surface area contributed by atoms with E-state index in [1.165, 1.54) is 11.3 Å². The topological polar surface area (TPSA) is 72.6 Å². The van der Waals surface area contributed by atoms with Crippen molar-refractivity contribution < 1.29 is 13.9 Å². The van der Waals surface area contributed by atoms with E-state index in [0.29, 0.717) is 39.0 Å². The summed E-state index contributed by atoms with van der Waals surface area (Å²) in [5.41, 5.74) is 1.95.